The van der Waals surface area contributed by atoms with E-state index in [1.54, 1.807) is 0 Å². The summed E-state index contributed by atoms with van der Waals surface area (Å²) in [5.74, 6) is 0. The predicted molar refractivity (Wildman–Crippen MR) is 68.5 cm³/mol. The molecule has 3 heteroatoms. The molecule has 0 bridgehead atoms. The molecule has 0 unspecified atom stereocenters. The first-order valence-corrected chi connectivity index (χ1v) is 5.78. The van der Waals surface area contributed by atoms with E-state index in [4.69, 9.17) is 11.6 Å². The van der Waals surface area contributed by atoms with Gasteiger partial charge in [-0.25, -0.2) is 0 Å². The number of benzene rings is 2. The SMILES string of the molecule is Clc1cccc2c1[nH]c1ccc(Br)cc12. The minimum atomic E-state index is 0.764. The van der Waals surface area contributed by atoms with Crippen molar-refractivity contribution in [2.45, 2.75) is 0 Å². The van der Waals surface area contributed by atoms with Gasteiger partial charge < -0.3 is 4.98 Å². The second kappa shape index (κ2) is 3.26. The van der Waals surface area contributed by atoms with Gasteiger partial charge in [0.2, 0.25) is 0 Å². The van der Waals surface area contributed by atoms with Crippen molar-refractivity contribution >= 4 is 49.3 Å². The van der Waals surface area contributed by atoms with Crippen molar-refractivity contribution in [3.05, 3.63) is 45.9 Å². The zero-order valence-corrected chi connectivity index (χ0v) is 10.1. The fourth-order valence-electron chi connectivity index (χ4n) is 1.86. The van der Waals surface area contributed by atoms with Gasteiger partial charge in [0, 0.05) is 20.8 Å². The lowest BCUT2D eigenvalue weighted by atomic mass is 10.1. The number of halogens is 2. The van der Waals surface area contributed by atoms with Crippen LogP contribution in [0.25, 0.3) is 21.8 Å². The second-order valence-corrected chi connectivity index (χ2v) is 4.80. The van der Waals surface area contributed by atoms with E-state index in [2.05, 4.69) is 39.1 Å². The van der Waals surface area contributed by atoms with Gasteiger partial charge in [-0.1, -0.05) is 39.7 Å². The lowest BCUT2D eigenvalue weighted by molar-refractivity contribution is 1.54. The normalized spacial score (nSPS) is 11.3. The first kappa shape index (κ1) is 9.25. The largest absolute Gasteiger partial charge is 0.353 e. The summed E-state index contributed by atoms with van der Waals surface area (Å²) in [6, 6.07) is 12.1. The third-order valence-corrected chi connectivity index (χ3v) is 3.35. The lowest BCUT2D eigenvalue weighted by Gasteiger charge is -1.93. The average molecular weight is 281 g/mol. The van der Waals surface area contributed by atoms with Gasteiger partial charge in [-0.05, 0) is 24.3 Å². The molecule has 0 aliphatic heterocycles. The van der Waals surface area contributed by atoms with Crippen molar-refractivity contribution in [1.82, 2.24) is 4.98 Å². The van der Waals surface area contributed by atoms with E-state index in [-0.39, 0.29) is 0 Å². The van der Waals surface area contributed by atoms with Gasteiger partial charge >= 0.3 is 0 Å². The molecule has 0 spiro atoms. The Kier molecular flexibility index (Phi) is 2.01. The van der Waals surface area contributed by atoms with Crippen molar-refractivity contribution < 1.29 is 0 Å². The quantitative estimate of drug-likeness (QED) is 0.612. The van der Waals surface area contributed by atoms with Crippen LogP contribution in [0.5, 0.6) is 0 Å². The van der Waals surface area contributed by atoms with Crippen LogP contribution < -0.4 is 0 Å². The molecule has 3 rings (SSSR count). The highest BCUT2D eigenvalue weighted by atomic mass is 79.9. The summed E-state index contributed by atoms with van der Waals surface area (Å²) in [5.41, 5.74) is 2.12. The topological polar surface area (TPSA) is 15.8 Å². The third kappa shape index (κ3) is 1.36. The molecule has 1 heterocycles. The zero-order chi connectivity index (χ0) is 10.4. The zero-order valence-electron chi connectivity index (χ0n) is 7.72. The summed E-state index contributed by atoms with van der Waals surface area (Å²) in [6.07, 6.45) is 0. The summed E-state index contributed by atoms with van der Waals surface area (Å²) in [6.45, 7) is 0. The monoisotopic (exact) mass is 279 g/mol. The summed E-state index contributed by atoms with van der Waals surface area (Å²) >= 11 is 9.60. The van der Waals surface area contributed by atoms with Gasteiger partial charge in [0.05, 0.1) is 10.5 Å². The molecule has 0 fully saturated rings. The number of hydrogen-bond donors (Lipinski definition) is 1. The Bertz CT molecular complexity index is 657. The number of aromatic nitrogens is 1. The predicted octanol–water partition coefficient (Wildman–Crippen LogP) is 4.74. The Morgan fingerprint density at radius 2 is 1.93 bits per heavy atom. The van der Waals surface area contributed by atoms with Crippen molar-refractivity contribution in [1.29, 1.82) is 0 Å². The van der Waals surface area contributed by atoms with E-state index in [9.17, 15) is 0 Å². The van der Waals surface area contributed by atoms with Crippen molar-refractivity contribution in [2.75, 3.05) is 0 Å². The molecular formula is C12H7BrClN. The Labute approximate surface area is 100 Å². The van der Waals surface area contributed by atoms with E-state index < -0.39 is 0 Å². The minimum Gasteiger partial charge on any atom is -0.353 e. The number of hydrogen-bond acceptors (Lipinski definition) is 0. The number of aromatic amines is 1. The van der Waals surface area contributed by atoms with Crippen LogP contribution in [0.1, 0.15) is 0 Å². The number of rotatable bonds is 0. The molecule has 15 heavy (non-hydrogen) atoms. The van der Waals surface area contributed by atoms with Gasteiger partial charge in [-0.3, -0.25) is 0 Å². The number of fused-ring (bicyclic) bond motifs is 3. The summed E-state index contributed by atoms with van der Waals surface area (Å²) < 4.78 is 1.08. The molecule has 1 N–H and O–H groups in total. The third-order valence-electron chi connectivity index (χ3n) is 2.55. The standard InChI is InChI=1S/C12H7BrClN/c13-7-4-5-11-9(6-7)8-2-1-3-10(14)12(8)15-11/h1-6,15H. The molecule has 0 aliphatic rings. The fraction of sp³-hybridized carbons (Fsp3) is 0. The van der Waals surface area contributed by atoms with Crippen molar-refractivity contribution in [3.8, 4) is 0 Å². The van der Waals surface area contributed by atoms with E-state index >= 15 is 0 Å². The van der Waals surface area contributed by atoms with E-state index in [0.29, 0.717) is 0 Å². The second-order valence-electron chi connectivity index (χ2n) is 3.48. The minimum absolute atomic E-state index is 0.764. The van der Waals surface area contributed by atoms with Gasteiger partial charge in [-0.2, -0.15) is 0 Å². The van der Waals surface area contributed by atoms with E-state index in [1.807, 2.05) is 18.2 Å². The summed E-state index contributed by atoms with van der Waals surface area (Å²) in [5, 5.41) is 3.13. The highest BCUT2D eigenvalue weighted by molar-refractivity contribution is 9.10. The molecule has 1 aromatic heterocycles. The molecular weight excluding hydrogens is 273 g/mol. The number of H-pyrrole nitrogens is 1. The molecule has 0 radical (unpaired) electrons. The van der Waals surface area contributed by atoms with Gasteiger partial charge in [0.1, 0.15) is 0 Å². The molecule has 0 saturated carbocycles. The van der Waals surface area contributed by atoms with Gasteiger partial charge in [0.15, 0.2) is 0 Å². The summed E-state index contributed by atoms with van der Waals surface area (Å²) in [7, 11) is 0. The number of para-hydroxylation sites is 1. The highest BCUT2D eigenvalue weighted by Crippen LogP contribution is 2.31. The van der Waals surface area contributed by atoms with Crippen LogP contribution in [-0.4, -0.2) is 4.98 Å². The fourth-order valence-corrected chi connectivity index (χ4v) is 2.44. The van der Waals surface area contributed by atoms with Crippen molar-refractivity contribution in [3.63, 3.8) is 0 Å². The highest BCUT2D eigenvalue weighted by Gasteiger charge is 2.06. The Morgan fingerprint density at radius 1 is 1.07 bits per heavy atom. The molecule has 0 amide bonds. The molecule has 0 atom stereocenters. The van der Waals surface area contributed by atoms with E-state index in [1.165, 1.54) is 10.8 Å². The maximum absolute atomic E-state index is 6.13. The Morgan fingerprint density at radius 3 is 2.80 bits per heavy atom. The van der Waals surface area contributed by atoms with Crippen LogP contribution >= 0.6 is 27.5 Å². The smallest absolute Gasteiger partial charge is 0.0654 e. The molecule has 74 valence electrons. The maximum Gasteiger partial charge on any atom is 0.0654 e. The van der Waals surface area contributed by atoms with Crippen LogP contribution in [0.3, 0.4) is 0 Å². The Hall–Kier alpha value is -0.990. The van der Waals surface area contributed by atoms with Crippen LogP contribution in [-0.2, 0) is 0 Å². The molecule has 0 aliphatic carbocycles. The Balaban J connectivity index is 2.58. The van der Waals surface area contributed by atoms with Crippen molar-refractivity contribution in [2.24, 2.45) is 0 Å². The molecule has 1 nitrogen and oxygen atoms in total. The van der Waals surface area contributed by atoms with Crippen LogP contribution in [0, 0.1) is 0 Å². The van der Waals surface area contributed by atoms with E-state index in [0.717, 1.165) is 20.5 Å². The first-order valence-electron chi connectivity index (χ1n) is 4.61. The molecule has 0 saturated heterocycles. The molecule has 2 aromatic carbocycles. The average Bonchev–Trinajstić information content (AvgIpc) is 2.58. The van der Waals surface area contributed by atoms with Gasteiger partial charge in [-0.15, -0.1) is 0 Å². The van der Waals surface area contributed by atoms with Gasteiger partial charge in [0.25, 0.3) is 0 Å². The maximum atomic E-state index is 6.13. The van der Waals surface area contributed by atoms with Crippen LogP contribution in [0.4, 0.5) is 0 Å². The number of nitrogens with one attached hydrogen (secondary N) is 1. The first-order chi connectivity index (χ1) is 7.25. The van der Waals surface area contributed by atoms with Crippen LogP contribution in [0.2, 0.25) is 5.02 Å². The lowest BCUT2D eigenvalue weighted by Crippen LogP contribution is -1.68. The summed E-state index contributed by atoms with van der Waals surface area (Å²) in [4.78, 5) is 3.32. The molecule has 3 aromatic rings. The van der Waals surface area contributed by atoms with Crippen LogP contribution in [0.15, 0.2) is 40.9 Å².